The molecule has 2 aliphatic rings. The summed E-state index contributed by atoms with van der Waals surface area (Å²) >= 11 is 5.99. The van der Waals surface area contributed by atoms with Crippen molar-refractivity contribution in [1.29, 1.82) is 0 Å². The zero-order valence-electron chi connectivity index (χ0n) is 7.30. The van der Waals surface area contributed by atoms with Gasteiger partial charge in [-0.2, -0.15) is 0 Å². The second-order valence-electron chi connectivity index (χ2n) is 3.86. The molecule has 1 aromatic rings. The number of aromatic hydroxyl groups is 1. The Morgan fingerprint density at radius 2 is 2.14 bits per heavy atom. The summed E-state index contributed by atoms with van der Waals surface area (Å²) in [4.78, 5) is 11.6. The van der Waals surface area contributed by atoms with Gasteiger partial charge in [-0.05, 0) is 25.0 Å². The topological polar surface area (TPSA) is 49.3 Å². The van der Waals surface area contributed by atoms with Gasteiger partial charge in [0.05, 0.1) is 10.4 Å². The zero-order chi connectivity index (χ0) is 9.92. The minimum absolute atomic E-state index is 0.0139. The van der Waals surface area contributed by atoms with Crippen molar-refractivity contribution < 1.29 is 9.90 Å². The number of rotatable bonds is 0. The predicted molar refractivity (Wildman–Crippen MR) is 52.7 cm³/mol. The summed E-state index contributed by atoms with van der Waals surface area (Å²) in [5, 5.41) is 12.6. The third-order valence-electron chi connectivity index (χ3n) is 3.03. The Balaban J connectivity index is 2.31. The van der Waals surface area contributed by atoms with Crippen molar-refractivity contribution in [2.75, 3.05) is 5.32 Å². The number of fused-ring (bicyclic) bond motifs is 2. The minimum atomic E-state index is -0.425. The number of anilines is 1. The first-order valence-electron chi connectivity index (χ1n) is 4.48. The van der Waals surface area contributed by atoms with Crippen LogP contribution in [0.15, 0.2) is 12.1 Å². The van der Waals surface area contributed by atoms with Crippen LogP contribution in [-0.2, 0) is 10.2 Å². The Morgan fingerprint density at radius 1 is 1.43 bits per heavy atom. The number of hydrogen-bond donors (Lipinski definition) is 2. The number of carbonyl (C=O) groups excluding carboxylic acids is 1. The SMILES string of the molecule is O=C1Nc2ccc(O)c(Cl)c2C12CC2. The number of carbonyl (C=O) groups is 1. The molecule has 72 valence electrons. The van der Waals surface area contributed by atoms with Gasteiger partial charge in [0, 0.05) is 11.3 Å². The molecule has 0 unspecified atom stereocenters. The first-order chi connectivity index (χ1) is 6.65. The van der Waals surface area contributed by atoms with Gasteiger partial charge in [0.15, 0.2) is 0 Å². The number of amides is 1. The number of nitrogens with one attached hydrogen (secondary N) is 1. The Bertz CT molecular complexity index is 452. The summed E-state index contributed by atoms with van der Waals surface area (Å²) in [6.45, 7) is 0. The second kappa shape index (κ2) is 2.23. The van der Waals surface area contributed by atoms with Gasteiger partial charge in [-0.3, -0.25) is 4.79 Å². The van der Waals surface area contributed by atoms with E-state index in [1.165, 1.54) is 6.07 Å². The third-order valence-corrected chi connectivity index (χ3v) is 3.42. The molecule has 0 atom stereocenters. The lowest BCUT2D eigenvalue weighted by Gasteiger charge is -2.07. The fourth-order valence-electron chi connectivity index (χ4n) is 2.09. The van der Waals surface area contributed by atoms with Crippen LogP contribution in [0.5, 0.6) is 5.75 Å². The molecule has 1 fully saturated rings. The van der Waals surface area contributed by atoms with Gasteiger partial charge in [0.1, 0.15) is 5.75 Å². The number of benzene rings is 1. The molecule has 14 heavy (non-hydrogen) atoms. The second-order valence-corrected chi connectivity index (χ2v) is 4.24. The average molecular weight is 210 g/mol. The average Bonchev–Trinajstić information content (AvgIpc) is 2.87. The molecule has 1 amide bonds. The fourth-order valence-corrected chi connectivity index (χ4v) is 2.44. The number of hydrogen-bond acceptors (Lipinski definition) is 2. The maximum Gasteiger partial charge on any atom is 0.235 e. The highest BCUT2D eigenvalue weighted by atomic mass is 35.5. The van der Waals surface area contributed by atoms with E-state index in [2.05, 4.69) is 5.32 Å². The lowest BCUT2D eigenvalue weighted by atomic mass is 9.97. The van der Waals surface area contributed by atoms with Crippen molar-refractivity contribution in [2.45, 2.75) is 18.3 Å². The van der Waals surface area contributed by atoms with E-state index in [0.29, 0.717) is 5.02 Å². The van der Waals surface area contributed by atoms with Crippen LogP contribution in [0.2, 0.25) is 5.02 Å². The van der Waals surface area contributed by atoms with E-state index in [0.717, 1.165) is 24.1 Å². The van der Waals surface area contributed by atoms with Crippen molar-refractivity contribution in [2.24, 2.45) is 0 Å². The van der Waals surface area contributed by atoms with Crippen molar-refractivity contribution in [1.82, 2.24) is 0 Å². The smallest absolute Gasteiger partial charge is 0.235 e. The summed E-state index contributed by atoms with van der Waals surface area (Å²) in [5.41, 5.74) is 1.10. The van der Waals surface area contributed by atoms with E-state index in [4.69, 9.17) is 11.6 Å². The molecule has 0 bridgehead atoms. The Morgan fingerprint density at radius 3 is 2.79 bits per heavy atom. The van der Waals surface area contributed by atoms with Crippen LogP contribution in [0, 0.1) is 0 Å². The van der Waals surface area contributed by atoms with Gasteiger partial charge in [0.25, 0.3) is 0 Å². The molecule has 3 nitrogen and oxygen atoms in total. The highest BCUT2D eigenvalue weighted by Gasteiger charge is 2.57. The van der Waals surface area contributed by atoms with E-state index in [1.807, 2.05) is 0 Å². The summed E-state index contributed by atoms with van der Waals surface area (Å²) < 4.78 is 0. The van der Waals surface area contributed by atoms with Crippen molar-refractivity contribution in [3.8, 4) is 5.75 Å². The molecular formula is C10H8ClNO2. The summed E-state index contributed by atoms with van der Waals surface area (Å²) in [6.07, 6.45) is 1.66. The zero-order valence-corrected chi connectivity index (χ0v) is 8.06. The summed E-state index contributed by atoms with van der Waals surface area (Å²) in [6, 6.07) is 3.20. The fraction of sp³-hybridized carbons (Fsp3) is 0.300. The molecule has 4 heteroatoms. The van der Waals surface area contributed by atoms with Gasteiger partial charge >= 0.3 is 0 Å². The lowest BCUT2D eigenvalue weighted by molar-refractivity contribution is -0.117. The first-order valence-corrected chi connectivity index (χ1v) is 4.86. The van der Waals surface area contributed by atoms with Crippen LogP contribution in [0.25, 0.3) is 0 Å². The summed E-state index contributed by atoms with van der Waals surface area (Å²) in [5.74, 6) is 0.0631. The van der Waals surface area contributed by atoms with Crippen molar-refractivity contribution in [3.05, 3.63) is 22.7 Å². The van der Waals surface area contributed by atoms with Gasteiger partial charge in [0.2, 0.25) is 5.91 Å². The molecule has 1 saturated carbocycles. The quantitative estimate of drug-likeness (QED) is 0.643. The molecule has 1 aromatic carbocycles. The molecule has 3 rings (SSSR count). The van der Waals surface area contributed by atoms with Crippen LogP contribution in [0.3, 0.4) is 0 Å². The van der Waals surface area contributed by atoms with Crippen LogP contribution >= 0.6 is 11.6 Å². The Labute approximate surface area is 85.7 Å². The molecule has 1 aliphatic heterocycles. The lowest BCUT2D eigenvalue weighted by Crippen LogP contribution is -2.18. The molecule has 1 aliphatic carbocycles. The molecule has 2 N–H and O–H groups in total. The molecule has 1 spiro atoms. The monoisotopic (exact) mass is 209 g/mol. The normalized spacial score (nSPS) is 20.8. The number of halogens is 1. The maximum absolute atomic E-state index is 11.6. The van der Waals surface area contributed by atoms with Crippen LogP contribution in [-0.4, -0.2) is 11.0 Å². The Hall–Kier alpha value is -1.22. The van der Waals surface area contributed by atoms with Crippen molar-refractivity contribution in [3.63, 3.8) is 0 Å². The van der Waals surface area contributed by atoms with Crippen LogP contribution in [0.4, 0.5) is 5.69 Å². The van der Waals surface area contributed by atoms with Gasteiger partial charge < -0.3 is 10.4 Å². The molecule has 0 aromatic heterocycles. The van der Waals surface area contributed by atoms with Crippen molar-refractivity contribution >= 4 is 23.2 Å². The molecular weight excluding hydrogens is 202 g/mol. The van der Waals surface area contributed by atoms with E-state index >= 15 is 0 Å². The van der Waals surface area contributed by atoms with Gasteiger partial charge in [-0.1, -0.05) is 11.6 Å². The van der Waals surface area contributed by atoms with Crippen LogP contribution in [0.1, 0.15) is 18.4 Å². The molecule has 1 heterocycles. The molecule has 0 radical (unpaired) electrons. The third kappa shape index (κ3) is 0.762. The van der Waals surface area contributed by atoms with Gasteiger partial charge in [-0.15, -0.1) is 0 Å². The molecule has 0 saturated heterocycles. The first kappa shape index (κ1) is 8.12. The largest absolute Gasteiger partial charge is 0.506 e. The maximum atomic E-state index is 11.6. The van der Waals surface area contributed by atoms with E-state index < -0.39 is 5.41 Å². The van der Waals surface area contributed by atoms with E-state index in [9.17, 15) is 9.90 Å². The standard InChI is InChI=1S/C10H8ClNO2/c11-8-6(13)2-1-5-7(8)10(3-4-10)9(14)12-5/h1-2,13H,3-4H2,(H,12,14). The highest BCUT2D eigenvalue weighted by Crippen LogP contribution is 2.58. The highest BCUT2D eigenvalue weighted by molar-refractivity contribution is 6.34. The Kier molecular flexibility index (Phi) is 1.29. The van der Waals surface area contributed by atoms with E-state index in [-0.39, 0.29) is 11.7 Å². The summed E-state index contributed by atoms with van der Waals surface area (Å²) in [7, 11) is 0. The number of phenolic OH excluding ortho intramolecular Hbond substituents is 1. The van der Waals surface area contributed by atoms with E-state index in [1.54, 1.807) is 6.07 Å². The van der Waals surface area contributed by atoms with Crippen LogP contribution < -0.4 is 5.32 Å². The minimum Gasteiger partial charge on any atom is -0.506 e. The number of phenols is 1. The van der Waals surface area contributed by atoms with Gasteiger partial charge in [-0.25, -0.2) is 0 Å². The predicted octanol–water partition coefficient (Wildman–Crippen LogP) is 2.03.